The van der Waals surface area contributed by atoms with Crippen molar-refractivity contribution in [3.63, 3.8) is 0 Å². The van der Waals surface area contributed by atoms with Crippen molar-refractivity contribution < 1.29 is 42.9 Å². The van der Waals surface area contributed by atoms with Gasteiger partial charge < -0.3 is 28.5 Å². The SMILES string of the molecule is CC/C=C\C/C=C\C/C=C\C/C=C\C/C=C\C/C=C\C/C=C\C/C=C\CCCCCCCCCCCCCCCCC(=O)OC(COC(=O)CCCCCCCCCCCCCCCCCCCC/C=C\C/C=C\C/C=C\C/C=C\CC)COC(OCC[N+](C)(C)C)C(=O)O. The molecule has 0 bridgehead atoms. The quantitative estimate of drug-likeness (QED) is 0.0211. The third-order valence-corrected chi connectivity index (χ3v) is 16.6. The van der Waals surface area contributed by atoms with E-state index >= 15 is 0 Å². The van der Waals surface area contributed by atoms with E-state index in [-0.39, 0.29) is 32.2 Å². The molecule has 9 nitrogen and oxygen atoms in total. The molecule has 0 amide bonds. The number of rotatable bonds is 71. The number of quaternary nitrogens is 1. The Balaban J connectivity index is 4.06. The van der Waals surface area contributed by atoms with Gasteiger partial charge in [0, 0.05) is 12.8 Å². The summed E-state index contributed by atoms with van der Waals surface area (Å²) >= 11 is 0. The van der Waals surface area contributed by atoms with Crippen LogP contribution in [0.2, 0.25) is 0 Å². The fourth-order valence-electron chi connectivity index (χ4n) is 10.7. The van der Waals surface area contributed by atoms with Crippen LogP contribution in [-0.2, 0) is 33.3 Å². The molecule has 0 rings (SSSR count). The topological polar surface area (TPSA) is 108 Å². The molecule has 0 aromatic heterocycles. The van der Waals surface area contributed by atoms with E-state index in [2.05, 4.69) is 160 Å². The molecule has 0 fully saturated rings. The van der Waals surface area contributed by atoms with Gasteiger partial charge in [-0.1, -0.05) is 339 Å². The van der Waals surface area contributed by atoms with Gasteiger partial charge in [-0.3, -0.25) is 9.59 Å². The smallest absolute Gasteiger partial charge is 0.361 e. The van der Waals surface area contributed by atoms with Crippen LogP contribution in [0, 0.1) is 0 Å². The molecule has 0 aliphatic rings. The van der Waals surface area contributed by atoms with Crippen molar-refractivity contribution in [3.05, 3.63) is 146 Å². The first-order valence-corrected chi connectivity index (χ1v) is 39.0. The van der Waals surface area contributed by atoms with E-state index in [1.54, 1.807) is 0 Å². The average molecular weight is 1320 g/mol. The summed E-state index contributed by atoms with van der Waals surface area (Å²) in [5.41, 5.74) is 0. The predicted molar refractivity (Wildman–Crippen MR) is 410 cm³/mol. The summed E-state index contributed by atoms with van der Waals surface area (Å²) in [6, 6.07) is 0. The standard InChI is InChI=1S/C86H145NO8/c1-6-8-10-12-14-16-18-20-22-24-26-28-30-32-34-36-38-39-40-41-42-43-44-45-47-49-51-53-55-57-59-61-63-65-67-69-71-73-75-77-84(89)95-82(81-94-86(85(90)91)92-79-78-87(3,4)5)80-93-83(88)76-74-72-70-68-66-64-62-60-58-56-54-52-50-48-46-37-35-33-31-29-27-25-23-21-19-17-15-13-11-9-7-2/h8-11,14-17,20-23,26-29,32,34,38-39,41-42,44-45,82,86H,6-7,12-13,18-19,24-25,30-31,33,35-37,40,43,46-81H2,1-5H3/p+1/b10-8-,11-9-,16-14-,17-15-,22-20-,23-21-,28-26-,29-27-,34-32-,39-38-,42-41-,45-44-. The van der Waals surface area contributed by atoms with Crippen LogP contribution < -0.4 is 0 Å². The molecule has 0 aliphatic carbocycles. The van der Waals surface area contributed by atoms with Gasteiger partial charge in [-0.2, -0.15) is 0 Å². The Hall–Kier alpha value is -4.83. The first kappa shape index (κ1) is 90.2. The highest BCUT2D eigenvalue weighted by Gasteiger charge is 2.25. The molecule has 2 atom stereocenters. The molecule has 0 heterocycles. The molecule has 0 saturated carbocycles. The summed E-state index contributed by atoms with van der Waals surface area (Å²) in [5, 5.41) is 9.77. The van der Waals surface area contributed by atoms with Crippen LogP contribution >= 0.6 is 0 Å². The zero-order valence-corrected chi connectivity index (χ0v) is 62.0. The van der Waals surface area contributed by atoms with E-state index in [4.69, 9.17) is 18.9 Å². The zero-order valence-electron chi connectivity index (χ0n) is 62.0. The van der Waals surface area contributed by atoms with Gasteiger partial charge in [0.2, 0.25) is 0 Å². The summed E-state index contributed by atoms with van der Waals surface area (Å²) in [5.74, 6) is -2.00. The molecular formula is C86H146NO8+. The molecule has 0 saturated heterocycles. The predicted octanol–water partition coefficient (Wildman–Crippen LogP) is 25.0. The van der Waals surface area contributed by atoms with Crippen LogP contribution in [-0.4, -0.2) is 87.4 Å². The highest BCUT2D eigenvalue weighted by molar-refractivity contribution is 5.71. The molecule has 9 heteroatoms. The fourth-order valence-corrected chi connectivity index (χ4v) is 10.7. The molecule has 1 N–H and O–H groups in total. The van der Waals surface area contributed by atoms with Gasteiger partial charge in [0.05, 0.1) is 34.4 Å². The second-order valence-electron chi connectivity index (χ2n) is 26.9. The molecule has 0 aromatic rings. The lowest BCUT2D eigenvalue weighted by molar-refractivity contribution is -0.870. The molecule has 2 unspecified atom stereocenters. The number of unbranched alkanes of at least 4 members (excludes halogenated alkanes) is 32. The van der Waals surface area contributed by atoms with Crippen LogP contribution in [0.4, 0.5) is 0 Å². The number of likely N-dealkylation sites (N-methyl/N-ethyl adjacent to an activating group) is 1. The largest absolute Gasteiger partial charge is 0.477 e. The van der Waals surface area contributed by atoms with Crippen molar-refractivity contribution in [3.8, 4) is 0 Å². The number of allylic oxidation sites excluding steroid dienone is 24. The summed E-state index contributed by atoms with van der Waals surface area (Å²) in [6.07, 6.45) is 107. The first-order valence-electron chi connectivity index (χ1n) is 39.0. The number of hydrogen-bond acceptors (Lipinski definition) is 7. The molecule has 0 radical (unpaired) electrons. The van der Waals surface area contributed by atoms with E-state index < -0.39 is 24.3 Å². The van der Waals surface area contributed by atoms with Crippen molar-refractivity contribution in [2.45, 2.75) is 334 Å². The van der Waals surface area contributed by atoms with Crippen LogP contribution in [0.3, 0.4) is 0 Å². The van der Waals surface area contributed by atoms with Crippen LogP contribution in [0.25, 0.3) is 0 Å². The van der Waals surface area contributed by atoms with Crippen LogP contribution in [0.5, 0.6) is 0 Å². The number of ether oxygens (including phenoxy) is 4. The second-order valence-corrected chi connectivity index (χ2v) is 26.9. The van der Waals surface area contributed by atoms with Gasteiger partial charge in [-0.25, -0.2) is 4.79 Å². The number of nitrogens with zero attached hydrogens (tertiary/aromatic N) is 1. The summed E-state index contributed by atoms with van der Waals surface area (Å²) in [7, 11) is 5.98. The minimum atomic E-state index is -1.52. The minimum absolute atomic E-state index is 0.184. The second kappa shape index (κ2) is 75.0. The Labute approximate surface area is 585 Å². The molecule has 95 heavy (non-hydrogen) atoms. The number of hydrogen-bond donors (Lipinski definition) is 1. The van der Waals surface area contributed by atoms with E-state index in [0.29, 0.717) is 23.9 Å². The van der Waals surface area contributed by atoms with Gasteiger partial charge in [0.1, 0.15) is 13.2 Å². The maximum Gasteiger partial charge on any atom is 0.361 e. The van der Waals surface area contributed by atoms with Gasteiger partial charge in [0.15, 0.2) is 6.10 Å². The molecule has 0 spiro atoms. The summed E-state index contributed by atoms with van der Waals surface area (Å²) < 4.78 is 23.0. The van der Waals surface area contributed by atoms with E-state index in [9.17, 15) is 19.5 Å². The lowest BCUT2D eigenvalue weighted by Gasteiger charge is -2.25. The lowest BCUT2D eigenvalue weighted by atomic mass is 10.0. The number of esters is 2. The third-order valence-electron chi connectivity index (χ3n) is 16.6. The Kier molecular flexibility index (Phi) is 71.1. The number of aliphatic carboxylic acids is 1. The van der Waals surface area contributed by atoms with E-state index in [0.717, 1.165) is 116 Å². The average Bonchev–Trinajstić information content (AvgIpc) is 2.92. The Bertz CT molecular complexity index is 2080. The lowest BCUT2D eigenvalue weighted by Crippen LogP contribution is -2.40. The maximum absolute atomic E-state index is 13.0. The third kappa shape index (κ3) is 76.4. The van der Waals surface area contributed by atoms with Crippen molar-refractivity contribution >= 4 is 17.9 Å². The Morgan fingerprint density at radius 3 is 0.842 bits per heavy atom. The maximum atomic E-state index is 13.0. The van der Waals surface area contributed by atoms with Gasteiger partial charge in [-0.05, 0) is 116 Å². The number of carboxylic acids is 1. The molecule has 0 aromatic carbocycles. The minimum Gasteiger partial charge on any atom is -0.477 e. The summed E-state index contributed by atoms with van der Waals surface area (Å²) in [4.78, 5) is 37.7. The van der Waals surface area contributed by atoms with E-state index in [1.165, 1.54) is 173 Å². The molecule has 542 valence electrons. The van der Waals surface area contributed by atoms with Crippen LogP contribution in [0.1, 0.15) is 322 Å². The number of carbonyl (C=O) groups is 3. The molecule has 0 aliphatic heterocycles. The highest BCUT2D eigenvalue weighted by Crippen LogP contribution is 2.18. The number of carbonyl (C=O) groups excluding carboxylic acids is 2. The van der Waals surface area contributed by atoms with Crippen molar-refractivity contribution in [2.75, 3.05) is 47.5 Å². The van der Waals surface area contributed by atoms with Gasteiger partial charge in [0.25, 0.3) is 6.29 Å². The first-order chi connectivity index (χ1) is 46.6. The van der Waals surface area contributed by atoms with Crippen molar-refractivity contribution in [1.29, 1.82) is 0 Å². The molecular weight excluding hydrogens is 1170 g/mol. The normalized spacial score (nSPS) is 13.5. The summed E-state index contributed by atoms with van der Waals surface area (Å²) in [6.45, 7) is 4.67. The highest BCUT2D eigenvalue weighted by atomic mass is 16.7. The number of carboxylic acid groups (broad SMARTS) is 1. The Morgan fingerprint density at radius 2 is 0.568 bits per heavy atom. The Morgan fingerprint density at radius 1 is 0.316 bits per heavy atom. The zero-order chi connectivity index (χ0) is 69.0. The fraction of sp³-hybridized carbons (Fsp3) is 0.686. The monoisotopic (exact) mass is 1320 g/mol. The van der Waals surface area contributed by atoms with Crippen molar-refractivity contribution in [2.24, 2.45) is 0 Å². The van der Waals surface area contributed by atoms with Crippen molar-refractivity contribution in [1.82, 2.24) is 0 Å². The van der Waals surface area contributed by atoms with Crippen LogP contribution in [0.15, 0.2) is 146 Å². The van der Waals surface area contributed by atoms with E-state index in [1.807, 2.05) is 21.1 Å². The van der Waals surface area contributed by atoms with Gasteiger partial charge >= 0.3 is 17.9 Å². The van der Waals surface area contributed by atoms with Gasteiger partial charge in [-0.15, -0.1) is 0 Å².